The van der Waals surface area contributed by atoms with E-state index in [4.69, 9.17) is 0 Å². The molecule has 0 unspecified atom stereocenters. The zero-order valence-electron chi connectivity index (χ0n) is 11.5. The van der Waals surface area contributed by atoms with Gasteiger partial charge in [-0.25, -0.2) is 17.2 Å². The minimum atomic E-state index is -3.67. The van der Waals surface area contributed by atoms with Crippen molar-refractivity contribution in [3.63, 3.8) is 0 Å². The minimum absolute atomic E-state index is 0.143. The maximum Gasteiger partial charge on any atom is 0.258 e. The normalized spacial score (nSPS) is 31.0. The van der Waals surface area contributed by atoms with Crippen LogP contribution in [0.4, 0.5) is 14.5 Å². The summed E-state index contributed by atoms with van der Waals surface area (Å²) in [4.78, 5) is 0. The molecule has 0 saturated carbocycles. The van der Waals surface area contributed by atoms with E-state index in [0.717, 1.165) is 17.5 Å². The number of halogens is 2. The van der Waals surface area contributed by atoms with Crippen LogP contribution in [0.25, 0.3) is 0 Å². The standard InChI is InChI=1S/C14H16F2N2O2S/c1-10-9-14(4-6-17-10)5-7-21(19,20)18(14)11-2-3-12(15)13(16)8-11/h2-3,5,7-8,10,17H,4,6,9H2,1H3/t10-,14-/m0/s1. The van der Waals surface area contributed by atoms with E-state index in [0.29, 0.717) is 19.4 Å². The fourth-order valence-corrected chi connectivity index (χ4v) is 4.87. The third kappa shape index (κ3) is 2.34. The zero-order valence-corrected chi connectivity index (χ0v) is 12.3. The van der Waals surface area contributed by atoms with Crippen LogP contribution in [-0.4, -0.2) is 26.5 Å². The van der Waals surface area contributed by atoms with Gasteiger partial charge in [0.05, 0.1) is 11.2 Å². The molecule has 21 heavy (non-hydrogen) atoms. The molecule has 1 aromatic carbocycles. The number of piperidine rings is 1. The maximum atomic E-state index is 13.5. The van der Waals surface area contributed by atoms with Crippen molar-refractivity contribution in [2.45, 2.75) is 31.3 Å². The number of rotatable bonds is 1. The van der Waals surface area contributed by atoms with Crippen LogP contribution in [-0.2, 0) is 10.0 Å². The molecule has 1 N–H and O–H groups in total. The van der Waals surface area contributed by atoms with Crippen molar-refractivity contribution in [1.82, 2.24) is 5.32 Å². The van der Waals surface area contributed by atoms with Crippen molar-refractivity contribution in [3.05, 3.63) is 41.3 Å². The Morgan fingerprint density at radius 1 is 1.33 bits per heavy atom. The Morgan fingerprint density at radius 2 is 2.10 bits per heavy atom. The number of hydrogen-bond acceptors (Lipinski definition) is 3. The first-order valence-corrected chi connectivity index (χ1v) is 8.27. The first-order chi connectivity index (χ1) is 9.84. The van der Waals surface area contributed by atoms with Gasteiger partial charge in [0.15, 0.2) is 11.6 Å². The van der Waals surface area contributed by atoms with Crippen LogP contribution in [0.2, 0.25) is 0 Å². The molecule has 3 rings (SSSR count). The van der Waals surface area contributed by atoms with Crippen LogP contribution in [0.3, 0.4) is 0 Å². The Morgan fingerprint density at radius 3 is 2.76 bits per heavy atom. The van der Waals surface area contributed by atoms with Gasteiger partial charge in [-0.3, -0.25) is 4.31 Å². The molecule has 114 valence electrons. The van der Waals surface area contributed by atoms with Gasteiger partial charge in [0.1, 0.15) is 0 Å². The van der Waals surface area contributed by atoms with E-state index in [1.54, 1.807) is 6.08 Å². The quantitative estimate of drug-likeness (QED) is 0.864. The largest absolute Gasteiger partial charge is 0.314 e. The van der Waals surface area contributed by atoms with E-state index in [-0.39, 0.29) is 11.7 Å². The molecule has 1 spiro atoms. The van der Waals surface area contributed by atoms with Crippen LogP contribution < -0.4 is 9.62 Å². The van der Waals surface area contributed by atoms with Gasteiger partial charge in [-0.05, 0) is 44.5 Å². The molecule has 1 fully saturated rings. The average molecular weight is 314 g/mol. The second-order valence-electron chi connectivity index (χ2n) is 5.62. The molecular weight excluding hydrogens is 298 g/mol. The van der Waals surface area contributed by atoms with E-state index in [2.05, 4.69) is 5.32 Å². The van der Waals surface area contributed by atoms with E-state index in [1.165, 1.54) is 10.4 Å². The first-order valence-electron chi connectivity index (χ1n) is 6.77. The Balaban J connectivity index is 2.09. The molecule has 1 aromatic rings. The van der Waals surface area contributed by atoms with Crippen LogP contribution in [0.5, 0.6) is 0 Å². The molecule has 2 aliphatic heterocycles. The second-order valence-corrected chi connectivity index (χ2v) is 7.29. The van der Waals surface area contributed by atoms with Gasteiger partial charge < -0.3 is 5.32 Å². The Kier molecular flexibility index (Phi) is 3.29. The van der Waals surface area contributed by atoms with Gasteiger partial charge in [-0.2, -0.15) is 0 Å². The van der Waals surface area contributed by atoms with Crippen molar-refractivity contribution in [3.8, 4) is 0 Å². The number of sulfonamides is 1. The van der Waals surface area contributed by atoms with Gasteiger partial charge in [0, 0.05) is 17.5 Å². The predicted molar refractivity (Wildman–Crippen MR) is 76.3 cm³/mol. The lowest BCUT2D eigenvalue weighted by Crippen LogP contribution is -2.55. The number of nitrogens with one attached hydrogen (secondary N) is 1. The number of anilines is 1. The van der Waals surface area contributed by atoms with Gasteiger partial charge in [0.2, 0.25) is 0 Å². The van der Waals surface area contributed by atoms with E-state index < -0.39 is 27.2 Å². The third-order valence-electron chi connectivity index (χ3n) is 4.06. The summed E-state index contributed by atoms with van der Waals surface area (Å²) < 4.78 is 52.5. The molecule has 0 bridgehead atoms. The molecule has 0 amide bonds. The summed E-state index contributed by atoms with van der Waals surface area (Å²) in [5.74, 6) is -2.04. The van der Waals surface area contributed by atoms with Crippen molar-refractivity contribution >= 4 is 15.7 Å². The molecule has 2 aliphatic rings. The van der Waals surface area contributed by atoms with Crippen molar-refractivity contribution in [2.24, 2.45) is 0 Å². The fraction of sp³-hybridized carbons (Fsp3) is 0.429. The molecule has 0 radical (unpaired) electrons. The highest BCUT2D eigenvalue weighted by atomic mass is 32.2. The van der Waals surface area contributed by atoms with E-state index >= 15 is 0 Å². The van der Waals surface area contributed by atoms with Gasteiger partial charge in [-0.15, -0.1) is 0 Å². The average Bonchev–Trinajstić information content (AvgIpc) is 2.65. The summed E-state index contributed by atoms with van der Waals surface area (Å²) in [7, 11) is -3.67. The molecule has 2 heterocycles. The summed E-state index contributed by atoms with van der Waals surface area (Å²) in [5, 5.41) is 4.42. The molecule has 0 aliphatic carbocycles. The monoisotopic (exact) mass is 314 g/mol. The van der Waals surface area contributed by atoms with Gasteiger partial charge in [0.25, 0.3) is 10.0 Å². The molecular formula is C14H16F2N2O2S. The van der Waals surface area contributed by atoms with Crippen molar-refractivity contribution in [1.29, 1.82) is 0 Å². The van der Waals surface area contributed by atoms with Gasteiger partial charge >= 0.3 is 0 Å². The molecule has 1 saturated heterocycles. The summed E-state index contributed by atoms with van der Waals surface area (Å²) in [5.41, 5.74) is -0.540. The van der Waals surface area contributed by atoms with Crippen molar-refractivity contribution in [2.75, 3.05) is 10.8 Å². The summed E-state index contributed by atoms with van der Waals surface area (Å²) in [6, 6.07) is 3.34. The van der Waals surface area contributed by atoms with Crippen LogP contribution in [0.1, 0.15) is 19.8 Å². The molecule has 0 aromatic heterocycles. The molecule has 2 atom stereocenters. The topological polar surface area (TPSA) is 49.4 Å². The maximum absolute atomic E-state index is 13.5. The first kappa shape index (κ1) is 14.5. The number of nitrogens with zero attached hydrogens (tertiary/aromatic N) is 1. The Labute approximate surface area is 122 Å². The summed E-state index contributed by atoms with van der Waals surface area (Å²) in [6.07, 6.45) is 2.84. The lowest BCUT2D eigenvalue weighted by Gasteiger charge is -2.43. The Bertz CT molecular complexity index is 705. The number of benzene rings is 1. The lowest BCUT2D eigenvalue weighted by molar-refractivity contribution is 0.321. The second kappa shape index (κ2) is 4.78. The molecule has 7 heteroatoms. The molecule has 4 nitrogen and oxygen atoms in total. The van der Waals surface area contributed by atoms with Crippen LogP contribution in [0.15, 0.2) is 29.7 Å². The third-order valence-corrected chi connectivity index (χ3v) is 5.62. The van der Waals surface area contributed by atoms with E-state index in [1.807, 2.05) is 6.92 Å². The van der Waals surface area contributed by atoms with Crippen LogP contribution in [0, 0.1) is 11.6 Å². The van der Waals surface area contributed by atoms with Crippen LogP contribution >= 0.6 is 0 Å². The highest BCUT2D eigenvalue weighted by molar-refractivity contribution is 7.96. The highest BCUT2D eigenvalue weighted by Gasteiger charge is 2.47. The summed E-state index contributed by atoms with van der Waals surface area (Å²) in [6.45, 7) is 2.64. The summed E-state index contributed by atoms with van der Waals surface area (Å²) >= 11 is 0. The van der Waals surface area contributed by atoms with E-state index in [9.17, 15) is 17.2 Å². The smallest absolute Gasteiger partial charge is 0.258 e. The zero-order chi connectivity index (χ0) is 15.3. The lowest BCUT2D eigenvalue weighted by atomic mass is 9.84. The number of hydrogen-bond donors (Lipinski definition) is 1. The fourth-order valence-electron chi connectivity index (χ4n) is 3.19. The van der Waals surface area contributed by atoms with Crippen molar-refractivity contribution < 1.29 is 17.2 Å². The van der Waals surface area contributed by atoms with Gasteiger partial charge in [-0.1, -0.05) is 0 Å². The highest BCUT2D eigenvalue weighted by Crippen LogP contribution is 2.41. The Hall–Kier alpha value is -1.47. The SMILES string of the molecule is C[C@H]1C[C@@]2(C=CS(=O)(=O)N2c2ccc(F)c(F)c2)CCN1. The predicted octanol–water partition coefficient (Wildman–Crippen LogP) is 2.14. The minimum Gasteiger partial charge on any atom is -0.314 e.